The van der Waals surface area contributed by atoms with Crippen LogP contribution >= 0.6 is 0 Å². The van der Waals surface area contributed by atoms with Crippen LogP contribution < -0.4 is 10.1 Å². The summed E-state index contributed by atoms with van der Waals surface area (Å²) in [4.78, 5) is 17.6. The summed E-state index contributed by atoms with van der Waals surface area (Å²) < 4.78 is 24.6. The minimum atomic E-state index is -0.296. The molecule has 0 aliphatic carbocycles. The van der Waals surface area contributed by atoms with Crippen LogP contribution in [0.3, 0.4) is 0 Å². The highest BCUT2D eigenvalue weighted by atomic mass is 19.1. The average Bonchev–Trinajstić information content (AvgIpc) is 2.72. The molecule has 2 heterocycles. The number of hydrogen-bond acceptors (Lipinski definition) is 5. The lowest BCUT2D eigenvalue weighted by atomic mass is 9.88. The van der Waals surface area contributed by atoms with E-state index in [9.17, 15) is 9.18 Å². The van der Waals surface area contributed by atoms with Crippen molar-refractivity contribution in [2.24, 2.45) is 17.8 Å². The van der Waals surface area contributed by atoms with E-state index in [2.05, 4.69) is 29.0 Å². The summed E-state index contributed by atoms with van der Waals surface area (Å²) in [6.07, 6.45) is 0.799. The molecule has 1 aromatic carbocycles. The lowest BCUT2D eigenvalue weighted by molar-refractivity contribution is -0.127. The van der Waals surface area contributed by atoms with Crippen LogP contribution in [0.25, 0.3) is 0 Å². The molecule has 3 rings (SSSR count). The number of benzene rings is 1. The number of rotatable bonds is 9. The summed E-state index contributed by atoms with van der Waals surface area (Å²) in [6, 6.07) is 6.24. The number of morpholine rings is 1. The van der Waals surface area contributed by atoms with Gasteiger partial charge < -0.3 is 19.7 Å². The van der Waals surface area contributed by atoms with E-state index in [1.807, 2.05) is 0 Å². The van der Waals surface area contributed by atoms with Gasteiger partial charge in [0.1, 0.15) is 11.6 Å². The van der Waals surface area contributed by atoms with Gasteiger partial charge in [0.15, 0.2) is 0 Å². The number of nitrogens with one attached hydrogen (secondary N) is 1. The average molecular weight is 422 g/mol. The first-order valence-electron chi connectivity index (χ1n) is 11.2. The molecule has 1 N–H and O–H groups in total. The summed E-state index contributed by atoms with van der Waals surface area (Å²) in [5.41, 5.74) is 0. The minimum absolute atomic E-state index is 0.0386. The molecule has 0 radical (unpaired) electrons. The smallest absolute Gasteiger partial charge is 0.224 e. The molecule has 2 aliphatic rings. The van der Waals surface area contributed by atoms with E-state index in [1.165, 1.54) is 12.1 Å². The highest BCUT2D eigenvalue weighted by molar-refractivity contribution is 5.79. The number of piperidine rings is 1. The van der Waals surface area contributed by atoms with Crippen molar-refractivity contribution in [2.75, 3.05) is 65.6 Å². The SMILES string of the molecule is CC(C)CN1C[C@@H](COc2cccc(F)c2)C[C@@H](C(=O)NCCN2CCOCC2)C1. The Balaban J connectivity index is 1.50. The highest BCUT2D eigenvalue weighted by Gasteiger charge is 2.32. The van der Waals surface area contributed by atoms with Gasteiger partial charge in [-0.25, -0.2) is 4.39 Å². The first kappa shape index (κ1) is 23.0. The largest absolute Gasteiger partial charge is 0.493 e. The number of ether oxygens (including phenoxy) is 2. The molecule has 168 valence electrons. The summed E-state index contributed by atoms with van der Waals surface area (Å²) >= 11 is 0. The van der Waals surface area contributed by atoms with Gasteiger partial charge in [0, 0.05) is 57.8 Å². The molecule has 1 aromatic rings. The summed E-state index contributed by atoms with van der Waals surface area (Å²) in [5, 5.41) is 3.14. The Labute approximate surface area is 179 Å². The van der Waals surface area contributed by atoms with Crippen molar-refractivity contribution in [1.29, 1.82) is 0 Å². The fourth-order valence-corrected chi connectivity index (χ4v) is 4.36. The molecule has 1 amide bonds. The number of amides is 1. The first-order chi connectivity index (χ1) is 14.5. The third kappa shape index (κ3) is 7.52. The van der Waals surface area contributed by atoms with Crippen LogP contribution in [-0.2, 0) is 9.53 Å². The maximum atomic E-state index is 13.4. The summed E-state index contributed by atoms with van der Waals surface area (Å²) in [5.74, 6) is 1.13. The standard InChI is InChI=1S/C23H36FN3O3/c1-18(2)14-27-15-19(17-30-22-5-3-4-21(24)13-22)12-20(16-27)23(28)25-6-7-26-8-10-29-11-9-26/h3-5,13,18-20H,6-12,14-17H2,1-2H3,(H,25,28)/t19-,20+/m0/s1. The Morgan fingerprint density at radius 1 is 1.27 bits per heavy atom. The quantitative estimate of drug-likeness (QED) is 0.663. The monoisotopic (exact) mass is 421 g/mol. The zero-order chi connectivity index (χ0) is 21.3. The van der Waals surface area contributed by atoms with E-state index >= 15 is 0 Å². The normalized spacial score (nSPS) is 23.5. The lowest BCUT2D eigenvalue weighted by Crippen LogP contribution is -2.49. The van der Waals surface area contributed by atoms with Crippen molar-refractivity contribution in [3.8, 4) is 5.75 Å². The topological polar surface area (TPSA) is 54.0 Å². The Bertz CT molecular complexity index is 667. The molecule has 2 atom stereocenters. The first-order valence-corrected chi connectivity index (χ1v) is 11.2. The third-order valence-electron chi connectivity index (χ3n) is 5.72. The van der Waals surface area contributed by atoms with Gasteiger partial charge in [-0.05, 0) is 24.5 Å². The van der Waals surface area contributed by atoms with E-state index in [0.29, 0.717) is 24.8 Å². The van der Waals surface area contributed by atoms with Gasteiger partial charge >= 0.3 is 0 Å². The number of hydrogen-bond donors (Lipinski definition) is 1. The molecule has 6 nitrogen and oxygen atoms in total. The third-order valence-corrected chi connectivity index (χ3v) is 5.72. The van der Waals surface area contributed by atoms with E-state index in [1.54, 1.807) is 12.1 Å². The van der Waals surface area contributed by atoms with Gasteiger partial charge in [0.25, 0.3) is 0 Å². The van der Waals surface area contributed by atoms with E-state index in [0.717, 1.165) is 58.9 Å². The molecule has 0 unspecified atom stereocenters. The van der Waals surface area contributed by atoms with Gasteiger partial charge in [-0.3, -0.25) is 9.69 Å². The highest BCUT2D eigenvalue weighted by Crippen LogP contribution is 2.24. The van der Waals surface area contributed by atoms with Gasteiger partial charge in [-0.2, -0.15) is 0 Å². The second kappa shape index (κ2) is 11.6. The second-order valence-corrected chi connectivity index (χ2v) is 8.92. The summed E-state index contributed by atoms with van der Waals surface area (Å²) in [7, 11) is 0. The predicted molar refractivity (Wildman–Crippen MR) is 115 cm³/mol. The van der Waals surface area contributed by atoms with Crippen LogP contribution in [0.15, 0.2) is 24.3 Å². The van der Waals surface area contributed by atoms with Gasteiger partial charge in [-0.1, -0.05) is 19.9 Å². The van der Waals surface area contributed by atoms with Crippen LogP contribution in [0, 0.1) is 23.6 Å². The van der Waals surface area contributed by atoms with Gasteiger partial charge in [0.05, 0.1) is 25.7 Å². The Morgan fingerprint density at radius 2 is 2.07 bits per heavy atom. The van der Waals surface area contributed by atoms with Gasteiger partial charge in [0.2, 0.25) is 5.91 Å². The fourth-order valence-electron chi connectivity index (χ4n) is 4.36. The molecule has 0 saturated carbocycles. The Kier molecular flexibility index (Phi) is 8.90. The Morgan fingerprint density at radius 3 is 2.80 bits per heavy atom. The number of likely N-dealkylation sites (tertiary alicyclic amines) is 1. The van der Waals surface area contributed by atoms with Crippen LogP contribution in [0.4, 0.5) is 4.39 Å². The maximum absolute atomic E-state index is 13.4. The fraction of sp³-hybridized carbons (Fsp3) is 0.696. The van der Waals surface area contributed by atoms with E-state index in [4.69, 9.17) is 9.47 Å². The van der Waals surface area contributed by atoms with Crippen LogP contribution in [0.2, 0.25) is 0 Å². The number of halogens is 1. The molecule has 0 aromatic heterocycles. The number of carbonyl (C=O) groups excluding carboxylic acids is 1. The molecular weight excluding hydrogens is 385 g/mol. The lowest BCUT2D eigenvalue weighted by Gasteiger charge is -2.38. The summed E-state index contributed by atoms with van der Waals surface area (Å²) in [6.45, 7) is 12.5. The molecule has 7 heteroatoms. The molecule has 2 aliphatic heterocycles. The van der Waals surface area contributed by atoms with Crippen molar-refractivity contribution < 1.29 is 18.7 Å². The van der Waals surface area contributed by atoms with Crippen LogP contribution in [0.5, 0.6) is 5.75 Å². The number of carbonyl (C=O) groups is 1. The Hall–Kier alpha value is -1.70. The molecule has 0 bridgehead atoms. The molecule has 2 saturated heterocycles. The van der Waals surface area contributed by atoms with Crippen molar-refractivity contribution >= 4 is 5.91 Å². The maximum Gasteiger partial charge on any atom is 0.224 e. The van der Waals surface area contributed by atoms with Crippen molar-refractivity contribution in [1.82, 2.24) is 15.1 Å². The molecular formula is C23H36FN3O3. The zero-order valence-corrected chi connectivity index (χ0v) is 18.3. The molecule has 0 spiro atoms. The predicted octanol–water partition coefficient (Wildman–Crippen LogP) is 2.25. The minimum Gasteiger partial charge on any atom is -0.493 e. The molecule has 30 heavy (non-hydrogen) atoms. The van der Waals surface area contributed by atoms with Crippen molar-refractivity contribution in [3.05, 3.63) is 30.1 Å². The van der Waals surface area contributed by atoms with Gasteiger partial charge in [-0.15, -0.1) is 0 Å². The van der Waals surface area contributed by atoms with Crippen molar-refractivity contribution in [2.45, 2.75) is 20.3 Å². The zero-order valence-electron chi connectivity index (χ0n) is 18.3. The second-order valence-electron chi connectivity index (χ2n) is 8.92. The van der Waals surface area contributed by atoms with E-state index in [-0.39, 0.29) is 23.6 Å². The number of nitrogens with zero attached hydrogens (tertiary/aromatic N) is 2. The molecule has 2 fully saturated rings. The van der Waals surface area contributed by atoms with Crippen LogP contribution in [-0.4, -0.2) is 81.3 Å². The van der Waals surface area contributed by atoms with Crippen molar-refractivity contribution in [3.63, 3.8) is 0 Å². The van der Waals surface area contributed by atoms with E-state index < -0.39 is 0 Å². The van der Waals surface area contributed by atoms with Crippen LogP contribution in [0.1, 0.15) is 20.3 Å².